The van der Waals surface area contributed by atoms with E-state index in [1.54, 1.807) is 11.0 Å². The van der Waals surface area contributed by atoms with Crippen LogP contribution in [0.1, 0.15) is 21.5 Å². The number of anilines is 2. The van der Waals surface area contributed by atoms with Gasteiger partial charge in [0.1, 0.15) is 0 Å². The predicted octanol–water partition coefficient (Wildman–Crippen LogP) is 3.39. The molecule has 3 nitrogen and oxygen atoms in total. The third-order valence-electron chi connectivity index (χ3n) is 3.47. The average Bonchev–Trinajstić information content (AvgIpc) is 2.72. The molecule has 3 rings (SSSR count). The van der Waals surface area contributed by atoms with Gasteiger partial charge in [0.15, 0.2) is 0 Å². The van der Waals surface area contributed by atoms with E-state index in [0.29, 0.717) is 22.8 Å². The van der Waals surface area contributed by atoms with Crippen molar-refractivity contribution in [3.63, 3.8) is 0 Å². The smallest absolute Gasteiger partial charge is 0.259 e. The number of carbonyl (C=O) groups excluding carboxylic acids is 1. The van der Waals surface area contributed by atoms with E-state index in [-0.39, 0.29) is 5.91 Å². The summed E-state index contributed by atoms with van der Waals surface area (Å²) < 4.78 is 0. The van der Waals surface area contributed by atoms with Gasteiger partial charge >= 0.3 is 0 Å². The fourth-order valence-electron chi connectivity index (χ4n) is 2.42. The lowest BCUT2D eigenvalue weighted by atomic mass is 10.1. The Morgan fingerprint density at radius 3 is 2.79 bits per heavy atom. The van der Waals surface area contributed by atoms with Crippen LogP contribution in [0.5, 0.6) is 0 Å². The van der Waals surface area contributed by atoms with Crippen molar-refractivity contribution in [2.75, 3.05) is 10.6 Å². The first-order valence-corrected chi connectivity index (χ1v) is 6.41. The lowest BCUT2D eigenvalue weighted by Gasteiger charge is -2.18. The Morgan fingerprint density at radius 2 is 2.05 bits per heavy atom. The number of benzene rings is 2. The van der Waals surface area contributed by atoms with Crippen LogP contribution in [0.4, 0.5) is 11.4 Å². The Labute approximate surface area is 116 Å². The van der Waals surface area contributed by atoms with Crippen molar-refractivity contribution < 1.29 is 4.79 Å². The second-order valence-electron chi connectivity index (χ2n) is 4.70. The van der Waals surface area contributed by atoms with Gasteiger partial charge in [-0.25, -0.2) is 0 Å². The number of rotatable bonds is 1. The minimum Gasteiger partial charge on any atom is -0.398 e. The van der Waals surface area contributed by atoms with Crippen molar-refractivity contribution in [2.24, 2.45) is 0 Å². The quantitative estimate of drug-likeness (QED) is 0.809. The molecule has 1 amide bonds. The van der Waals surface area contributed by atoms with Crippen LogP contribution in [0, 0.1) is 6.92 Å². The molecule has 2 aromatic rings. The Hall–Kier alpha value is -2.00. The molecule has 0 spiro atoms. The van der Waals surface area contributed by atoms with Gasteiger partial charge in [-0.05, 0) is 36.8 Å². The molecule has 2 aromatic carbocycles. The number of halogens is 1. The van der Waals surface area contributed by atoms with Crippen LogP contribution in [0.2, 0.25) is 5.02 Å². The van der Waals surface area contributed by atoms with Crippen LogP contribution in [0.3, 0.4) is 0 Å². The summed E-state index contributed by atoms with van der Waals surface area (Å²) in [4.78, 5) is 14.2. The van der Waals surface area contributed by atoms with Gasteiger partial charge in [0, 0.05) is 27.5 Å². The Bertz CT molecular complexity index is 682. The summed E-state index contributed by atoms with van der Waals surface area (Å²) in [7, 11) is 0. The van der Waals surface area contributed by atoms with E-state index in [1.165, 1.54) is 0 Å². The first kappa shape index (κ1) is 12.1. The number of hydrogen-bond donors (Lipinski definition) is 1. The molecule has 4 heteroatoms. The molecule has 0 saturated heterocycles. The van der Waals surface area contributed by atoms with Crippen molar-refractivity contribution in [1.29, 1.82) is 0 Å². The molecule has 1 aliphatic heterocycles. The highest BCUT2D eigenvalue weighted by Crippen LogP contribution is 2.34. The van der Waals surface area contributed by atoms with E-state index in [2.05, 4.69) is 0 Å². The zero-order chi connectivity index (χ0) is 13.6. The van der Waals surface area contributed by atoms with E-state index in [9.17, 15) is 4.79 Å². The molecule has 0 fully saturated rings. The molecule has 1 heterocycles. The Kier molecular flexibility index (Phi) is 2.72. The van der Waals surface area contributed by atoms with Crippen molar-refractivity contribution in [1.82, 2.24) is 0 Å². The summed E-state index contributed by atoms with van der Waals surface area (Å²) in [6, 6.07) is 11.0. The van der Waals surface area contributed by atoms with Gasteiger partial charge in [0.25, 0.3) is 5.91 Å². The first-order chi connectivity index (χ1) is 9.08. The number of aryl methyl sites for hydroxylation is 1. The molecule has 0 atom stereocenters. The van der Waals surface area contributed by atoms with Crippen LogP contribution < -0.4 is 10.6 Å². The SMILES string of the molecule is Cc1ccc(Cl)cc1N1Cc2c(N)cccc2C1=O. The molecule has 0 aliphatic carbocycles. The fraction of sp³-hybridized carbons (Fsp3) is 0.133. The zero-order valence-electron chi connectivity index (χ0n) is 10.5. The van der Waals surface area contributed by atoms with Crippen molar-refractivity contribution >= 4 is 28.9 Å². The predicted molar refractivity (Wildman–Crippen MR) is 77.6 cm³/mol. The highest BCUT2D eigenvalue weighted by molar-refractivity contribution is 6.31. The molecule has 0 unspecified atom stereocenters. The number of nitrogens with zero attached hydrogens (tertiary/aromatic N) is 1. The highest BCUT2D eigenvalue weighted by Gasteiger charge is 2.30. The average molecular weight is 273 g/mol. The standard InChI is InChI=1S/C15H13ClN2O/c1-9-5-6-10(16)7-14(9)18-8-12-11(15(18)19)3-2-4-13(12)17/h2-7H,8,17H2,1H3. The van der Waals surface area contributed by atoms with Crippen LogP contribution >= 0.6 is 11.6 Å². The number of carbonyl (C=O) groups is 1. The summed E-state index contributed by atoms with van der Waals surface area (Å²) in [5.41, 5.74) is 10.0. The Morgan fingerprint density at radius 1 is 1.26 bits per heavy atom. The number of fused-ring (bicyclic) bond motifs is 1. The Balaban J connectivity index is 2.09. The molecule has 0 aromatic heterocycles. The second kappa shape index (κ2) is 4.28. The van der Waals surface area contributed by atoms with E-state index in [4.69, 9.17) is 17.3 Å². The molecule has 0 radical (unpaired) electrons. The largest absolute Gasteiger partial charge is 0.398 e. The molecular weight excluding hydrogens is 260 g/mol. The molecule has 1 aliphatic rings. The maximum absolute atomic E-state index is 12.4. The number of nitrogen functional groups attached to an aromatic ring is 1. The van der Waals surface area contributed by atoms with Gasteiger partial charge < -0.3 is 10.6 Å². The number of hydrogen-bond acceptors (Lipinski definition) is 2. The summed E-state index contributed by atoms with van der Waals surface area (Å²) >= 11 is 6.02. The van der Waals surface area contributed by atoms with E-state index >= 15 is 0 Å². The highest BCUT2D eigenvalue weighted by atomic mass is 35.5. The van der Waals surface area contributed by atoms with Gasteiger partial charge in [-0.1, -0.05) is 23.7 Å². The molecular formula is C15H13ClN2O. The van der Waals surface area contributed by atoms with Crippen LogP contribution in [0.25, 0.3) is 0 Å². The van der Waals surface area contributed by atoms with Crippen molar-refractivity contribution in [2.45, 2.75) is 13.5 Å². The number of amides is 1. The third-order valence-corrected chi connectivity index (χ3v) is 3.70. The van der Waals surface area contributed by atoms with Gasteiger partial charge in [-0.2, -0.15) is 0 Å². The first-order valence-electron chi connectivity index (χ1n) is 6.03. The van der Waals surface area contributed by atoms with Gasteiger partial charge in [-0.15, -0.1) is 0 Å². The molecule has 0 bridgehead atoms. The summed E-state index contributed by atoms with van der Waals surface area (Å²) in [5, 5.41) is 0.623. The summed E-state index contributed by atoms with van der Waals surface area (Å²) in [5.74, 6) is -0.0207. The lowest BCUT2D eigenvalue weighted by Crippen LogP contribution is -2.23. The second-order valence-corrected chi connectivity index (χ2v) is 5.13. The van der Waals surface area contributed by atoms with Gasteiger partial charge in [-0.3, -0.25) is 4.79 Å². The van der Waals surface area contributed by atoms with E-state index in [1.807, 2.05) is 37.3 Å². The van der Waals surface area contributed by atoms with Gasteiger partial charge in [0.05, 0.1) is 6.54 Å². The van der Waals surface area contributed by atoms with Crippen LogP contribution in [0.15, 0.2) is 36.4 Å². The fourth-order valence-corrected chi connectivity index (χ4v) is 2.59. The van der Waals surface area contributed by atoms with E-state index in [0.717, 1.165) is 16.8 Å². The van der Waals surface area contributed by atoms with E-state index < -0.39 is 0 Å². The third kappa shape index (κ3) is 1.87. The minimum absolute atomic E-state index is 0.0207. The molecule has 2 N–H and O–H groups in total. The molecule has 0 saturated carbocycles. The number of nitrogens with two attached hydrogens (primary N) is 1. The topological polar surface area (TPSA) is 46.3 Å². The molecule has 19 heavy (non-hydrogen) atoms. The van der Waals surface area contributed by atoms with Gasteiger partial charge in [0.2, 0.25) is 0 Å². The normalized spacial score (nSPS) is 13.8. The lowest BCUT2D eigenvalue weighted by molar-refractivity contribution is 0.0996. The minimum atomic E-state index is -0.0207. The maximum atomic E-state index is 12.4. The summed E-state index contributed by atoms with van der Waals surface area (Å²) in [6.07, 6.45) is 0. The summed E-state index contributed by atoms with van der Waals surface area (Å²) in [6.45, 7) is 2.47. The monoisotopic (exact) mass is 272 g/mol. The maximum Gasteiger partial charge on any atom is 0.259 e. The zero-order valence-corrected chi connectivity index (χ0v) is 11.2. The van der Waals surface area contributed by atoms with Crippen molar-refractivity contribution in [3.8, 4) is 0 Å². The van der Waals surface area contributed by atoms with Crippen molar-refractivity contribution in [3.05, 3.63) is 58.1 Å². The van der Waals surface area contributed by atoms with Crippen LogP contribution in [-0.4, -0.2) is 5.91 Å². The van der Waals surface area contributed by atoms with Crippen LogP contribution in [-0.2, 0) is 6.54 Å². The molecule has 96 valence electrons.